The van der Waals surface area contributed by atoms with E-state index >= 15 is 0 Å². The van der Waals surface area contributed by atoms with Crippen LogP contribution in [0.3, 0.4) is 0 Å². The summed E-state index contributed by atoms with van der Waals surface area (Å²) in [5, 5.41) is 11.9. The molecule has 0 fully saturated rings. The molecule has 17 heavy (non-hydrogen) atoms. The summed E-state index contributed by atoms with van der Waals surface area (Å²) in [6.45, 7) is 0.192. The van der Waals surface area contributed by atoms with Crippen LogP contribution in [-0.2, 0) is 0 Å². The first kappa shape index (κ1) is 14.3. The fourth-order valence-electron chi connectivity index (χ4n) is 1.54. The van der Waals surface area contributed by atoms with E-state index in [1.54, 1.807) is 25.1 Å². The van der Waals surface area contributed by atoms with Gasteiger partial charge in [-0.1, -0.05) is 17.7 Å². The summed E-state index contributed by atoms with van der Waals surface area (Å²) in [5.74, 6) is 0. The summed E-state index contributed by atoms with van der Waals surface area (Å²) in [7, 11) is 0. The van der Waals surface area contributed by atoms with Crippen LogP contribution in [0, 0.1) is 6.92 Å². The number of halogens is 4. The Labute approximate surface area is 102 Å². The summed E-state index contributed by atoms with van der Waals surface area (Å²) >= 11 is 5.75. The van der Waals surface area contributed by atoms with E-state index in [1.807, 2.05) is 0 Å². The van der Waals surface area contributed by atoms with Crippen LogP contribution in [0.5, 0.6) is 0 Å². The second kappa shape index (κ2) is 5.71. The lowest BCUT2D eigenvalue weighted by atomic mass is 10.0. The molecule has 1 unspecified atom stereocenters. The summed E-state index contributed by atoms with van der Waals surface area (Å²) in [5.41, 5.74) is 1.35. The largest absolute Gasteiger partial charge is 0.401 e. The Balaban J connectivity index is 2.79. The molecule has 0 aromatic heterocycles. The van der Waals surface area contributed by atoms with Gasteiger partial charge in [0.05, 0.1) is 19.2 Å². The number of aliphatic hydroxyl groups is 1. The van der Waals surface area contributed by atoms with E-state index in [0.29, 0.717) is 10.6 Å². The van der Waals surface area contributed by atoms with E-state index in [9.17, 15) is 13.2 Å². The molecule has 2 N–H and O–H groups in total. The van der Waals surface area contributed by atoms with Gasteiger partial charge in [0.1, 0.15) is 0 Å². The van der Waals surface area contributed by atoms with Gasteiger partial charge in [-0.25, -0.2) is 0 Å². The highest BCUT2D eigenvalue weighted by Crippen LogP contribution is 2.22. The number of alkyl halides is 3. The number of benzene rings is 1. The highest BCUT2D eigenvalue weighted by atomic mass is 35.5. The van der Waals surface area contributed by atoms with E-state index in [-0.39, 0.29) is 0 Å². The maximum atomic E-state index is 12.1. The summed E-state index contributed by atoms with van der Waals surface area (Å²) < 4.78 is 36.2. The topological polar surface area (TPSA) is 32.3 Å². The first-order chi connectivity index (χ1) is 7.83. The molecule has 2 nitrogen and oxygen atoms in total. The van der Waals surface area contributed by atoms with Crippen LogP contribution >= 0.6 is 11.6 Å². The van der Waals surface area contributed by atoms with Gasteiger partial charge in [-0.05, 0) is 30.2 Å². The van der Waals surface area contributed by atoms with Crippen molar-refractivity contribution in [3.05, 3.63) is 34.3 Å². The van der Waals surface area contributed by atoms with Gasteiger partial charge in [0.15, 0.2) is 0 Å². The number of aliphatic hydroxyl groups excluding tert-OH is 1. The molecule has 0 aliphatic carbocycles. The minimum atomic E-state index is -4.30. The van der Waals surface area contributed by atoms with Crippen LogP contribution in [-0.4, -0.2) is 24.4 Å². The molecule has 96 valence electrons. The number of nitrogens with one attached hydrogen (secondary N) is 1. The zero-order valence-electron chi connectivity index (χ0n) is 9.18. The molecule has 1 aromatic rings. The number of hydrogen-bond acceptors (Lipinski definition) is 2. The van der Waals surface area contributed by atoms with Gasteiger partial charge in [0.25, 0.3) is 0 Å². The third-order valence-corrected chi connectivity index (χ3v) is 2.57. The van der Waals surface area contributed by atoms with E-state index in [4.69, 9.17) is 16.7 Å². The summed E-state index contributed by atoms with van der Waals surface area (Å²) in [6, 6.07) is 4.10. The van der Waals surface area contributed by atoms with Gasteiger partial charge in [0, 0.05) is 5.02 Å². The van der Waals surface area contributed by atoms with Gasteiger partial charge < -0.3 is 5.11 Å². The van der Waals surface area contributed by atoms with Crippen LogP contribution in [0.25, 0.3) is 0 Å². The standard InChI is InChI=1S/C11H13ClF3NO/c1-7-4-8(12)2-3-9(7)10(5-17)16-6-11(13,14)15/h2-4,10,16-17H,5-6H2,1H3. The molecule has 0 amide bonds. The van der Waals surface area contributed by atoms with Crippen molar-refractivity contribution in [1.82, 2.24) is 5.32 Å². The third-order valence-electron chi connectivity index (χ3n) is 2.34. The average Bonchev–Trinajstić information content (AvgIpc) is 2.19. The average molecular weight is 268 g/mol. The Kier molecular flexibility index (Phi) is 4.80. The minimum Gasteiger partial charge on any atom is -0.394 e. The molecule has 0 spiro atoms. The maximum Gasteiger partial charge on any atom is 0.401 e. The molecule has 0 saturated carbocycles. The first-order valence-corrected chi connectivity index (χ1v) is 5.38. The van der Waals surface area contributed by atoms with Gasteiger partial charge in [-0.2, -0.15) is 13.2 Å². The number of rotatable bonds is 4. The van der Waals surface area contributed by atoms with E-state index in [1.165, 1.54) is 0 Å². The van der Waals surface area contributed by atoms with Crippen molar-refractivity contribution >= 4 is 11.6 Å². The molecule has 0 saturated heterocycles. The van der Waals surface area contributed by atoms with Crippen molar-refractivity contribution in [3.63, 3.8) is 0 Å². The zero-order valence-corrected chi connectivity index (χ0v) is 9.94. The lowest BCUT2D eigenvalue weighted by Gasteiger charge is -2.20. The molecule has 1 rings (SSSR count). The summed E-state index contributed by atoms with van der Waals surface area (Å²) in [6.07, 6.45) is -4.30. The molecule has 0 heterocycles. The Bertz CT molecular complexity index is 381. The third kappa shape index (κ3) is 4.53. The van der Waals surface area contributed by atoms with Crippen molar-refractivity contribution in [2.45, 2.75) is 19.1 Å². The van der Waals surface area contributed by atoms with Crippen molar-refractivity contribution in [2.24, 2.45) is 0 Å². The second-order valence-corrected chi connectivity index (χ2v) is 4.17. The molecule has 0 bridgehead atoms. The Morgan fingerprint density at radius 2 is 2.06 bits per heavy atom. The van der Waals surface area contributed by atoms with Crippen LogP contribution in [0.1, 0.15) is 17.2 Å². The molecule has 0 aliphatic rings. The van der Waals surface area contributed by atoms with Crippen molar-refractivity contribution in [2.75, 3.05) is 13.2 Å². The second-order valence-electron chi connectivity index (χ2n) is 3.73. The molecule has 6 heteroatoms. The molecule has 1 atom stereocenters. The van der Waals surface area contributed by atoms with Crippen molar-refractivity contribution in [1.29, 1.82) is 0 Å². The fourth-order valence-corrected chi connectivity index (χ4v) is 1.77. The maximum absolute atomic E-state index is 12.1. The van der Waals surface area contributed by atoms with Gasteiger partial charge in [-0.3, -0.25) is 5.32 Å². The predicted molar refractivity (Wildman–Crippen MR) is 60.1 cm³/mol. The SMILES string of the molecule is Cc1cc(Cl)ccc1C(CO)NCC(F)(F)F. The lowest BCUT2D eigenvalue weighted by Crippen LogP contribution is -2.34. The highest BCUT2D eigenvalue weighted by Gasteiger charge is 2.28. The Morgan fingerprint density at radius 1 is 1.41 bits per heavy atom. The zero-order chi connectivity index (χ0) is 13.1. The number of aryl methyl sites for hydroxylation is 1. The quantitative estimate of drug-likeness (QED) is 0.879. The molecule has 1 aromatic carbocycles. The molecular weight excluding hydrogens is 255 g/mol. The van der Waals surface area contributed by atoms with Gasteiger partial charge in [-0.15, -0.1) is 0 Å². The smallest absolute Gasteiger partial charge is 0.394 e. The summed E-state index contributed by atoms with van der Waals surface area (Å²) in [4.78, 5) is 0. The monoisotopic (exact) mass is 267 g/mol. The molecule has 0 radical (unpaired) electrons. The van der Waals surface area contributed by atoms with Crippen LogP contribution < -0.4 is 5.32 Å². The minimum absolute atomic E-state index is 0.404. The van der Waals surface area contributed by atoms with Crippen LogP contribution in [0.2, 0.25) is 5.02 Å². The Hall–Kier alpha value is -0.780. The van der Waals surface area contributed by atoms with Gasteiger partial charge in [0.2, 0.25) is 0 Å². The Morgan fingerprint density at radius 3 is 2.53 bits per heavy atom. The van der Waals surface area contributed by atoms with E-state index in [2.05, 4.69) is 5.32 Å². The van der Waals surface area contributed by atoms with E-state index < -0.39 is 25.4 Å². The highest BCUT2D eigenvalue weighted by molar-refractivity contribution is 6.30. The van der Waals surface area contributed by atoms with Gasteiger partial charge >= 0.3 is 6.18 Å². The lowest BCUT2D eigenvalue weighted by molar-refractivity contribution is -0.126. The van der Waals surface area contributed by atoms with Crippen LogP contribution in [0.4, 0.5) is 13.2 Å². The van der Waals surface area contributed by atoms with Crippen molar-refractivity contribution in [3.8, 4) is 0 Å². The molecule has 0 aliphatic heterocycles. The molecular formula is C11H13ClF3NO. The fraction of sp³-hybridized carbons (Fsp3) is 0.455. The van der Waals surface area contributed by atoms with Crippen LogP contribution in [0.15, 0.2) is 18.2 Å². The van der Waals surface area contributed by atoms with E-state index in [0.717, 1.165) is 5.56 Å². The van der Waals surface area contributed by atoms with Crippen molar-refractivity contribution < 1.29 is 18.3 Å². The first-order valence-electron chi connectivity index (χ1n) is 5.00. The normalized spacial score (nSPS) is 13.8. The predicted octanol–water partition coefficient (Wildman–Crippen LogP) is 2.83. The number of hydrogen-bond donors (Lipinski definition) is 2.